The normalized spacial score (nSPS) is 18.2. The van der Waals surface area contributed by atoms with E-state index in [1.54, 1.807) is 0 Å². The molecule has 0 spiro atoms. The topological polar surface area (TPSA) is 37.2 Å². The summed E-state index contributed by atoms with van der Waals surface area (Å²) in [6, 6.07) is 29.5. The Labute approximate surface area is 294 Å². The molecule has 2 unspecified atom stereocenters. The standard InChI is InChI=1S/C45H41N5/c1-28-6-10-33(11-7-28)48(34-12-16-36(17-13-34)49-42-20-8-29(2)22-38(42)40-24-31(4)46-26-44(40)49)35-14-18-37(19-15-35)50-43-21-9-30(3)23-39(43)41-25-32(5)47-27-45(41)50/h6-14,16-18,20-27,38,42H,15,19H2,1-5H3. The number of benzene rings is 3. The summed E-state index contributed by atoms with van der Waals surface area (Å²) in [5.74, 6) is 0.326. The molecule has 0 saturated carbocycles. The van der Waals surface area contributed by atoms with Crippen LogP contribution in [-0.4, -0.2) is 20.6 Å². The van der Waals surface area contributed by atoms with Crippen LogP contribution in [0.15, 0.2) is 133 Å². The second-order valence-corrected chi connectivity index (χ2v) is 14.2. The van der Waals surface area contributed by atoms with Gasteiger partial charge >= 0.3 is 0 Å². The van der Waals surface area contributed by atoms with Gasteiger partial charge in [-0.1, -0.05) is 53.1 Å². The molecule has 50 heavy (non-hydrogen) atoms. The monoisotopic (exact) mass is 651 g/mol. The first-order chi connectivity index (χ1) is 24.3. The molecular formula is C45H41N5. The van der Waals surface area contributed by atoms with Crippen LogP contribution in [-0.2, 0) is 0 Å². The average molecular weight is 652 g/mol. The first-order valence-electron chi connectivity index (χ1n) is 17.7. The van der Waals surface area contributed by atoms with Crippen molar-refractivity contribution in [1.82, 2.24) is 14.5 Å². The zero-order valence-electron chi connectivity index (χ0n) is 29.4. The van der Waals surface area contributed by atoms with Gasteiger partial charge in [0.15, 0.2) is 0 Å². The molecule has 5 heteroatoms. The molecule has 246 valence electrons. The van der Waals surface area contributed by atoms with E-state index < -0.39 is 0 Å². The van der Waals surface area contributed by atoms with Crippen molar-refractivity contribution in [1.29, 1.82) is 0 Å². The van der Waals surface area contributed by atoms with E-state index in [0.29, 0.717) is 5.92 Å². The third-order valence-corrected chi connectivity index (χ3v) is 10.6. The number of fused-ring (bicyclic) bond motifs is 6. The molecule has 0 radical (unpaired) electrons. The van der Waals surface area contributed by atoms with E-state index in [2.05, 4.69) is 164 Å². The van der Waals surface area contributed by atoms with Crippen molar-refractivity contribution < 1.29 is 0 Å². The molecule has 9 rings (SSSR count). The predicted molar refractivity (Wildman–Crippen MR) is 209 cm³/mol. The van der Waals surface area contributed by atoms with Crippen molar-refractivity contribution in [2.24, 2.45) is 0 Å². The Morgan fingerprint density at radius 2 is 1.38 bits per heavy atom. The van der Waals surface area contributed by atoms with Gasteiger partial charge < -0.3 is 14.4 Å². The van der Waals surface area contributed by atoms with Gasteiger partial charge in [0.2, 0.25) is 0 Å². The average Bonchev–Trinajstić information content (AvgIpc) is 3.61. The fourth-order valence-electron chi connectivity index (χ4n) is 8.21. The predicted octanol–water partition coefficient (Wildman–Crippen LogP) is 11.3. The highest BCUT2D eigenvalue weighted by atomic mass is 15.2. The van der Waals surface area contributed by atoms with Crippen LogP contribution in [0.3, 0.4) is 0 Å². The Hall–Kier alpha value is -5.68. The van der Waals surface area contributed by atoms with Gasteiger partial charge in [-0.25, -0.2) is 0 Å². The number of aromatic nitrogens is 3. The van der Waals surface area contributed by atoms with Crippen molar-refractivity contribution in [3.63, 3.8) is 0 Å². The molecule has 3 aromatic carbocycles. The molecule has 0 bridgehead atoms. The van der Waals surface area contributed by atoms with Gasteiger partial charge in [0.05, 0.1) is 35.2 Å². The lowest BCUT2D eigenvalue weighted by Gasteiger charge is -2.32. The van der Waals surface area contributed by atoms with Crippen molar-refractivity contribution in [2.75, 3.05) is 9.80 Å². The lowest BCUT2D eigenvalue weighted by atomic mass is 9.89. The maximum atomic E-state index is 4.71. The van der Waals surface area contributed by atoms with Gasteiger partial charge in [-0.2, -0.15) is 0 Å². The Morgan fingerprint density at radius 1 is 0.680 bits per heavy atom. The fraction of sp³-hybridized carbons (Fsp3) is 0.200. The number of aryl methyl sites for hydroxylation is 4. The zero-order chi connectivity index (χ0) is 34.1. The van der Waals surface area contributed by atoms with Gasteiger partial charge in [0, 0.05) is 56.5 Å². The van der Waals surface area contributed by atoms with E-state index in [0.717, 1.165) is 29.9 Å². The molecule has 0 amide bonds. The highest BCUT2D eigenvalue weighted by Crippen LogP contribution is 2.49. The van der Waals surface area contributed by atoms with Crippen LogP contribution in [0.1, 0.15) is 53.8 Å². The van der Waals surface area contributed by atoms with Crippen LogP contribution >= 0.6 is 0 Å². The Balaban J connectivity index is 1.11. The van der Waals surface area contributed by atoms with E-state index in [1.165, 1.54) is 72.5 Å². The summed E-state index contributed by atoms with van der Waals surface area (Å²) in [5.41, 5.74) is 17.0. The lowest BCUT2D eigenvalue weighted by Crippen LogP contribution is -2.29. The summed E-state index contributed by atoms with van der Waals surface area (Å²) in [6.45, 7) is 10.7. The van der Waals surface area contributed by atoms with E-state index in [9.17, 15) is 0 Å². The summed E-state index contributed by atoms with van der Waals surface area (Å²) < 4.78 is 2.42. The maximum absolute atomic E-state index is 4.71. The highest BCUT2D eigenvalue weighted by Gasteiger charge is 2.38. The van der Waals surface area contributed by atoms with Gasteiger partial charge in [-0.15, -0.1) is 0 Å². The first kappa shape index (κ1) is 30.4. The Bertz CT molecular complexity index is 2380. The van der Waals surface area contributed by atoms with Gasteiger partial charge in [-0.05, 0) is 126 Å². The van der Waals surface area contributed by atoms with E-state index >= 15 is 0 Å². The summed E-state index contributed by atoms with van der Waals surface area (Å²) >= 11 is 0. The van der Waals surface area contributed by atoms with Crippen LogP contribution in [0.5, 0.6) is 0 Å². The van der Waals surface area contributed by atoms with Crippen molar-refractivity contribution in [3.05, 3.63) is 161 Å². The molecular weight excluding hydrogens is 611 g/mol. The molecule has 2 aliphatic carbocycles. The Morgan fingerprint density at radius 3 is 2.14 bits per heavy atom. The second-order valence-electron chi connectivity index (χ2n) is 14.2. The SMILES string of the molecule is CC1=CC2c3cc(C)ncc3N(c3ccc(N(C4=CC=C(n5c6ccc(C)cc6c6cc(C)ncc65)CC4)c4ccc(C)cc4)cc3)C2C=C1. The minimum absolute atomic E-state index is 0.241. The quantitative estimate of drug-likeness (QED) is 0.186. The van der Waals surface area contributed by atoms with Crippen LogP contribution in [0.2, 0.25) is 0 Å². The van der Waals surface area contributed by atoms with Crippen LogP contribution < -0.4 is 9.80 Å². The summed E-state index contributed by atoms with van der Waals surface area (Å²) in [7, 11) is 0. The smallest absolute Gasteiger partial charge is 0.0721 e. The Kier molecular flexibility index (Phi) is 7.13. The van der Waals surface area contributed by atoms with Crippen molar-refractivity contribution in [2.45, 2.75) is 59.4 Å². The number of hydrogen-bond donors (Lipinski definition) is 0. The van der Waals surface area contributed by atoms with Gasteiger partial charge in [-0.3, -0.25) is 9.97 Å². The number of allylic oxidation sites excluding steroid dienone is 6. The first-order valence-corrected chi connectivity index (χ1v) is 17.7. The van der Waals surface area contributed by atoms with E-state index in [4.69, 9.17) is 9.97 Å². The van der Waals surface area contributed by atoms with Gasteiger partial charge in [0.1, 0.15) is 0 Å². The van der Waals surface area contributed by atoms with Gasteiger partial charge in [0.25, 0.3) is 0 Å². The number of rotatable bonds is 5. The molecule has 0 saturated heterocycles. The van der Waals surface area contributed by atoms with Crippen LogP contribution in [0, 0.1) is 27.7 Å². The number of nitrogens with zero attached hydrogens (tertiary/aromatic N) is 5. The fourth-order valence-corrected chi connectivity index (χ4v) is 8.21. The summed E-state index contributed by atoms with van der Waals surface area (Å²) in [6.07, 6.45) is 17.6. The number of anilines is 4. The number of pyridine rings is 2. The molecule has 6 aromatic rings. The van der Waals surface area contributed by atoms with E-state index in [-0.39, 0.29) is 6.04 Å². The number of hydrogen-bond acceptors (Lipinski definition) is 4. The molecule has 0 N–H and O–H groups in total. The summed E-state index contributed by atoms with van der Waals surface area (Å²) in [5, 5.41) is 2.55. The van der Waals surface area contributed by atoms with Crippen molar-refractivity contribution in [3.8, 4) is 0 Å². The third kappa shape index (κ3) is 4.99. The van der Waals surface area contributed by atoms with Crippen molar-refractivity contribution >= 4 is 50.3 Å². The molecule has 0 fully saturated rings. The van der Waals surface area contributed by atoms with Crippen LogP contribution in [0.25, 0.3) is 27.5 Å². The largest absolute Gasteiger partial charge is 0.332 e. The molecule has 1 aliphatic heterocycles. The second kappa shape index (κ2) is 11.7. The molecule has 3 aromatic heterocycles. The van der Waals surface area contributed by atoms with E-state index in [1.807, 2.05) is 6.20 Å². The van der Waals surface area contributed by atoms with Crippen LogP contribution in [0.4, 0.5) is 22.7 Å². The minimum atomic E-state index is 0.241. The molecule has 2 atom stereocenters. The molecule has 3 aliphatic rings. The lowest BCUT2D eigenvalue weighted by molar-refractivity contribution is 0.738. The maximum Gasteiger partial charge on any atom is 0.0721 e. The highest BCUT2D eigenvalue weighted by molar-refractivity contribution is 6.10. The zero-order valence-corrected chi connectivity index (χ0v) is 29.4. The third-order valence-electron chi connectivity index (χ3n) is 10.6. The molecule has 5 nitrogen and oxygen atoms in total. The summed E-state index contributed by atoms with van der Waals surface area (Å²) in [4.78, 5) is 14.3. The minimum Gasteiger partial charge on any atom is -0.332 e. The molecule has 4 heterocycles.